The van der Waals surface area contributed by atoms with Crippen LogP contribution < -0.4 is 15.4 Å². The lowest BCUT2D eigenvalue weighted by Gasteiger charge is -2.17. The van der Waals surface area contributed by atoms with Gasteiger partial charge < -0.3 is 4.74 Å². The number of methoxy groups -OCH3 is 1. The molecule has 2 amide bonds. The molecule has 0 saturated carbocycles. The van der Waals surface area contributed by atoms with Crippen molar-refractivity contribution in [3.63, 3.8) is 0 Å². The minimum atomic E-state index is -0.436. The Balaban J connectivity index is 2.00. The van der Waals surface area contributed by atoms with Crippen LogP contribution in [0.2, 0.25) is 0 Å². The Morgan fingerprint density at radius 2 is 2.00 bits per heavy atom. The summed E-state index contributed by atoms with van der Waals surface area (Å²) in [4.78, 5) is 22.5. The lowest BCUT2D eigenvalue weighted by Crippen LogP contribution is -2.37. The Hall–Kier alpha value is -1.88. The number of imide groups is 1. The number of amides is 2. The van der Waals surface area contributed by atoms with E-state index in [0.29, 0.717) is 0 Å². The van der Waals surface area contributed by atoms with Gasteiger partial charge >= 0.3 is 0 Å². The molecular weight excluding hydrogens is 232 g/mol. The van der Waals surface area contributed by atoms with Gasteiger partial charge in [-0.2, -0.15) is 0 Å². The summed E-state index contributed by atoms with van der Waals surface area (Å²) >= 11 is 0. The molecule has 1 saturated heterocycles. The van der Waals surface area contributed by atoms with Gasteiger partial charge in [-0.25, -0.2) is 0 Å². The Kier molecular flexibility index (Phi) is 3.62. The topological polar surface area (TPSA) is 67.4 Å². The van der Waals surface area contributed by atoms with E-state index in [4.69, 9.17) is 4.74 Å². The molecule has 1 heterocycles. The van der Waals surface area contributed by atoms with Gasteiger partial charge in [-0.1, -0.05) is 12.1 Å². The first-order chi connectivity index (χ1) is 8.60. The van der Waals surface area contributed by atoms with Crippen molar-refractivity contribution in [2.75, 3.05) is 7.11 Å². The highest BCUT2D eigenvalue weighted by atomic mass is 16.5. The van der Waals surface area contributed by atoms with Crippen LogP contribution in [0.25, 0.3) is 0 Å². The van der Waals surface area contributed by atoms with Crippen molar-refractivity contribution >= 4 is 11.8 Å². The van der Waals surface area contributed by atoms with Crippen LogP contribution in [0.3, 0.4) is 0 Å². The lowest BCUT2D eigenvalue weighted by molar-refractivity contribution is -0.125. The van der Waals surface area contributed by atoms with Crippen LogP contribution in [0.4, 0.5) is 0 Å². The standard InChI is InChI=1S/C13H16N2O3/c1-8(9-3-5-10(18-2)6-4-9)14-11-7-12(16)15-13(11)17/h3-6,8,11,14H,7H2,1-2H3,(H,15,16,17)/t8-,11?/m1/s1. The zero-order valence-corrected chi connectivity index (χ0v) is 10.4. The van der Waals surface area contributed by atoms with E-state index in [1.807, 2.05) is 31.2 Å². The number of carbonyl (C=O) groups is 2. The number of benzene rings is 1. The zero-order chi connectivity index (χ0) is 13.1. The molecule has 0 aliphatic carbocycles. The fraction of sp³-hybridized carbons (Fsp3) is 0.385. The molecule has 1 fully saturated rings. The number of rotatable bonds is 4. The van der Waals surface area contributed by atoms with Crippen molar-refractivity contribution in [2.45, 2.75) is 25.4 Å². The molecule has 0 spiro atoms. The quantitative estimate of drug-likeness (QED) is 0.772. The maximum absolute atomic E-state index is 11.4. The first kappa shape index (κ1) is 12.6. The van der Waals surface area contributed by atoms with Gasteiger partial charge in [0.15, 0.2) is 0 Å². The normalized spacial score (nSPS) is 20.7. The van der Waals surface area contributed by atoms with Crippen molar-refractivity contribution in [1.29, 1.82) is 0 Å². The molecule has 0 bridgehead atoms. The second-order valence-corrected chi connectivity index (χ2v) is 4.33. The van der Waals surface area contributed by atoms with E-state index in [2.05, 4.69) is 10.6 Å². The van der Waals surface area contributed by atoms with Gasteiger partial charge in [0, 0.05) is 6.04 Å². The van der Waals surface area contributed by atoms with Crippen LogP contribution >= 0.6 is 0 Å². The first-order valence-corrected chi connectivity index (χ1v) is 5.84. The van der Waals surface area contributed by atoms with E-state index in [1.165, 1.54) is 0 Å². The molecular formula is C13H16N2O3. The molecule has 2 N–H and O–H groups in total. The second kappa shape index (κ2) is 5.18. The van der Waals surface area contributed by atoms with Crippen molar-refractivity contribution in [3.05, 3.63) is 29.8 Å². The highest BCUT2D eigenvalue weighted by Crippen LogP contribution is 2.18. The predicted octanol–water partition coefficient (Wildman–Crippen LogP) is 0.761. The maximum Gasteiger partial charge on any atom is 0.244 e. The van der Waals surface area contributed by atoms with Gasteiger partial charge in [0.2, 0.25) is 11.8 Å². The Morgan fingerprint density at radius 3 is 2.50 bits per heavy atom. The van der Waals surface area contributed by atoms with Gasteiger partial charge in [-0.05, 0) is 24.6 Å². The number of ether oxygens (including phenoxy) is 1. The summed E-state index contributed by atoms with van der Waals surface area (Å²) in [5.74, 6) is 0.319. The molecule has 1 aromatic carbocycles. The second-order valence-electron chi connectivity index (χ2n) is 4.33. The third kappa shape index (κ3) is 2.68. The highest BCUT2D eigenvalue weighted by molar-refractivity contribution is 6.05. The summed E-state index contributed by atoms with van der Waals surface area (Å²) in [5, 5.41) is 5.42. The monoisotopic (exact) mass is 248 g/mol. The van der Waals surface area contributed by atoms with Crippen LogP contribution in [0.1, 0.15) is 24.9 Å². The molecule has 0 aromatic heterocycles. The Morgan fingerprint density at radius 1 is 1.33 bits per heavy atom. The Labute approximate surface area is 106 Å². The molecule has 1 aliphatic rings. The number of hydrogen-bond donors (Lipinski definition) is 2. The third-order valence-corrected chi connectivity index (χ3v) is 3.04. The smallest absolute Gasteiger partial charge is 0.244 e. The minimum Gasteiger partial charge on any atom is -0.497 e. The third-order valence-electron chi connectivity index (χ3n) is 3.04. The van der Waals surface area contributed by atoms with Gasteiger partial charge in [0.25, 0.3) is 0 Å². The van der Waals surface area contributed by atoms with Crippen molar-refractivity contribution < 1.29 is 14.3 Å². The summed E-state index contributed by atoms with van der Waals surface area (Å²) in [6.07, 6.45) is 0.208. The molecule has 1 aliphatic heterocycles. The van der Waals surface area contributed by atoms with Crippen LogP contribution in [0, 0.1) is 0 Å². The lowest BCUT2D eigenvalue weighted by atomic mass is 10.1. The maximum atomic E-state index is 11.4. The molecule has 18 heavy (non-hydrogen) atoms. The van der Waals surface area contributed by atoms with Crippen LogP contribution in [-0.4, -0.2) is 25.0 Å². The molecule has 2 rings (SSSR count). The molecule has 0 radical (unpaired) electrons. The van der Waals surface area contributed by atoms with Gasteiger partial charge in [-0.15, -0.1) is 0 Å². The summed E-state index contributed by atoms with van der Waals surface area (Å²) in [7, 11) is 1.62. The van der Waals surface area contributed by atoms with Crippen molar-refractivity contribution in [3.8, 4) is 5.75 Å². The minimum absolute atomic E-state index is 0.00226. The fourth-order valence-electron chi connectivity index (χ4n) is 1.98. The average molecular weight is 248 g/mol. The van der Waals surface area contributed by atoms with E-state index in [-0.39, 0.29) is 24.3 Å². The highest BCUT2D eigenvalue weighted by Gasteiger charge is 2.31. The van der Waals surface area contributed by atoms with Crippen molar-refractivity contribution in [2.24, 2.45) is 0 Å². The molecule has 2 atom stereocenters. The fourth-order valence-corrected chi connectivity index (χ4v) is 1.98. The SMILES string of the molecule is COc1ccc([C@@H](C)NC2CC(=O)NC2=O)cc1. The average Bonchev–Trinajstić information content (AvgIpc) is 2.68. The van der Waals surface area contributed by atoms with Crippen LogP contribution in [-0.2, 0) is 9.59 Å². The number of nitrogens with one attached hydrogen (secondary N) is 2. The summed E-state index contributed by atoms with van der Waals surface area (Å²) in [5.41, 5.74) is 1.04. The van der Waals surface area contributed by atoms with E-state index >= 15 is 0 Å². The van der Waals surface area contributed by atoms with Crippen LogP contribution in [0.5, 0.6) is 5.75 Å². The molecule has 96 valence electrons. The van der Waals surface area contributed by atoms with Crippen LogP contribution in [0.15, 0.2) is 24.3 Å². The van der Waals surface area contributed by atoms with E-state index in [9.17, 15) is 9.59 Å². The predicted molar refractivity (Wildman–Crippen MR) is 66.1 cm³/mol. The summed E-state index contributed by atoms with van der Waals surface area (Å²) < 4.78 is 5.08. The molecule has 5 nitrogen and oxygen atoms in total. The first-order valence-electron chi connectivity index (χ1n) is 5.84. The van der Waals surface area contributed by atoms with E-state index < -0.39 is 6.04 Å². The van der Waals surface area contributed by atoms with E-state index in [0.717, 1.165) is 11.3 Å². The summed E-state index contributed by atoms with van der Waals surface area (Å²) in [6, 6.07) is 7.17. The molecule has 1 aromatic rings. The van der Waals surface area contributed by atoms with Gasteiger partial charge in [-0.3, -0.25) is 20.2 Å². The molecule has 5 heteroatoms. The van der Waals surface area contributed by atoms with E-state index in [1.54, 1.807) is 7.11 Å². The Bertz CT molecular complexity index is 456. The summed E-state index contributed by atoms with van der Waals surface area (Å²) in [6.45, 7) is 1.96. The largest absolute Gasteiger partial charge is 0.497 e. The van der Waals surface area contributed by atoms with Gasteiger partial charge in [0.05, 0.1) is 19.6 Å². The van der Waals surface area contributed by atoms with Gasteiger partial charge in [0.1, 0.15) is 5.75 Å². The van der Waals surface area contributed by atoms with Crippen molar-refractivity contribution in [1.82, 2.24) is 10.6 Å². The zero-order valence-electron chi connectivity index (χ0n) is 10.4. The molecule has 1 unspecified atom stereocenters. The number of carbonyl (C=O) groups excluding carboxylic acids is 2. The number of hydrogen-bond acceptors (Lipinski definition) is 4.